The number of rotatable bonds is 8. The molecule has 0 bridgehead atoms. The molecule has 0 heterocycles. The molecule has 27 heavy (non-hydrogen) atoms. The van der Waals surface area contributed by atoms with E-state index in [1.807, 2.05) is 44.4 Å². The van der Waals surface area contributed by atoms with E-state index in [0.29, 0.717) is 13.0 Å². The van der Waals surface area contributed by atoms with E-state index in [9.17, 15) is 4.79 Å². The van der Waals surface area contributed by atoms with Crippen LogP contribution in [0.2, 0.25) is 0 Å². The van der Waals surface area contributed by atoms with Crippen LogP contribution in [0, 0.1) is 0 Å². The number of carbonyl (C=O) groups excluding carboxylic acids is 1. The lowest BCUT2D eigenvalue weighted by molar-refractivity contribution is -0.121. The van der Waals surface area contributed by atoms with Gasteiger partial charge in [0.15, 0.2) is 0 Å². The predicted molar refractivity (Wildman–Crippen MR) is 118 cm³/mol. The van der Waals surface area contributed by atoms with E-state index in [1.165, 1.54) is 11.1 Å². The monoisotopic (exact) mass is 411 g/mol. The summed E-state index contributed by atoms with van der Waals surface area (Å²) in [6, 6.07) is 18.2. The van der Waals surface area contributed by atoms with E-state index in [2.05, 4.69) is 41.4 Å². The number of likely N-dealkylation sites (N-methyl/N-ethyl adjacent to an activating group) is 1. The van der Waals surface area contributed by atoms with Crippen molar-refractivity contribution < 1.29 is 4.79 Å². The standard InChI is InChI=1S/C21H29N3O.2ClH/c1-4-16-10-12-18(13-11-16)20(24(2)3)15-23-21(25)14-19(22)17-8-6-5-7-9-17;;/h5-13,19-20H,4,14-15,22H2,1-3H3,(H,23,25);2*1H. The van der Waals surface area contributed by atoms with Crippen molar-refractivity contribution in [3.8, 4) is 0 Å². The predicted octanol–water partition coefficient (Wildman–Crippen LogP) is 3.90. The molecule has 4 nitrogen and oxygen atoms in total. The molecule has 0 saturated carbocycles. The van der Waals surface area contributed by atoms with Crippen LogP contribution < -0.4 is 11.1 Å². The lowest BCUT2D eigenvalue weighted by Crippen LogP contribution is -2.35. The maximum atomic E-state index is 12.3. The van der Waals surface area contributed by atoms with Crippen LogP contribution in [-0.2, 0) is 11.2 Å². The van der Waals surface area contributed by atoms with Gasteiger partial charge in [-0.05, 0) is 37.2 Å². The Bertz CT molecular complexity index is 663. The fourth-order valence-electron chi connectivity index (χ4n) is 2.87. The van der Waals surface area contributed by atoms with Crippen molar-refractivity contribution in [1.29, 1.82) is 0 Å². The Labute approximate surface area is 175 Å². The first kappa shape index (κ1) is 25.4. The summed E-state index contributed by atoms with van der Waals surface area (Å²) in [7, 11) is 4.06. The van der Waals surface area contributed by atoms with Crippen LogP contribution in [0.25, 0.3) is 0 Å². The highest BCUT2D eigenvalue weighted by molar-refractivity contribution is 5.85. The third kappa shape index (κ3) is 7.89. The Balaban J connectivity index is 0.00000338. The molecule has 2 unspecified atom stereocenters. The fraction of sp³-hybridized carbons (Fsp3) is 0.381. The molecule has 0 spiro atoms. The number of hydrogen-bond donors (Lipinski definition) is 2. The second-order valence-electron chi connectivity index (χ2n) is 6.60. The topological polar surface area (TPSA) is 58.4 Å². The minimum absolute atomic E-state index is 0. The molecular weight excluding hydrogens is 381 g/mol. The molecule has 2 aromatic rings. The van der Waals surface area contributed by atoms with Gasteiger partial charge in [0.2, 0.25) is 5.91 Å². The highest BCUT2D eigenvalue weighted by atomic mass is 35.5. The van der Waals surface area contributed by atoms with Gasteiger partial charge in [0, 0.05) is 19.0 Å². The average Bonchev–Trinajstić information content (AvgIpc) is 2.62. The van der Waals surface area contributed by atoms with Crippen molar-refractivity contribution in [2.24, 2.45) is 5.73 Å². The van der Waals surface area contributed by atoms with Crippen LogP contribution in [0.1, 0.15) is 42.1 Å². The Kier molecular flexibility index (Phi) is 12.0. The Morgan fingerprint density at radius 3 is 2.11 bits per heavy atom. The fourth-order valence-corrected chi connectivity index (χ4v) is 2.87. The number of nitrogens with zero attached hydrogens (tertiary/aromatic N) is 1. The summed E-state index contributed by atoms with van der Waals surface area (Å²) in [5.74, 6) is -0.0200. The highest BCUT2D eigenvalue weighted by Gasteiger charge is 2.17. The molecule has 0 saturated heterocycles. The first-order chi connectivity index (χ1) is 12.0. The van der Waals surface area contributed by atoms with E-state index in [0.717, 1.165) is 12.0 Å². The average molecular weight is 412 g/mol. The van der Waals surface area contributed by atoms with Crippen molar-refractivity contribution in [1.82, 2.24) is 10.2 Å². The summed E-state index contributed by atoms with van der Waals surface area (Å²) in [6.07, 6.45) is 1.32. The van der Waals surface area contributed by atoms with Gasteiger partial charge >= 0.3 is 0 Å². The van der Waals surface area contributed by atoms with Crippen LogP contribution in [0.15, 0.2) is 54.6 Å². The van der Waals surface area contributed by atoms with E-state index in [-0.39, 0.29) is 42.8 Å². The molecule has 2 rings (SSSR count). The Morgan fingerprint density at radius 2 is 1.59 bits per heavy atom. The molecule has 0 aliphatic heterocycles. The largest absolute Gasteiger partial charge is 0.354 e. The van der Waals surface area contributed by atoms with Gasteiger partial charge in [0.05, 0.1) is 6.04 Å². The number of aryl methyl sites for hydroxylation is 1. The lowest BCUT2D eigenvalue weighted by Gasteiger charge is -2.25. The van der Waals surface area contributed by atoms with Gasteiger partial charge < -0.3 is 16.0 Å². The molecule has 1 amide bonds. The molecule has 0 aliphatic rings. The summed E-state index contributed by atoms with van der Waals surface area (Å²) in [6.45, 7) is 2.72. The molecule has 2 atom stereocenters. The smallest absolute Gasteiger partial charge is 0.221 e. The SMILES string of the molecule is CCc1ccc(C(CNC(=O)CC(N)c2ccccc2)N(C)C)cc1.Cl.Cl. The highest BCUT2D eigenvalue weighted by Crippen LogP contribution is 2.19. The summed E-state index contributed by atoms with van der Waals surface area (Å²) >= 11 is 0. The zero-order valence-corrected chi connectivity index (χ0v) is 17.9. The molecule has 2 aromatic carbocycles. The molecule has 0 fully saturated rings. The van der Waals surface area contributed by atoms with Gasteiger partial charge in [-0.25, -0.2) is 0 Å². The molecule has 6 heteroatoms. The number of nitrogens with one attached hydrogen (secondary N) is 1. The van der Waals surface area contributed by atoms with Crippen molar-refractivity contribution in [3.63, 3.8) is 0 Å². The summed E-state index contributed by atoms with van der Waals surface area (Å²) < 4.78 is 0. The minimum atomic E-state index is -0.275. The minimum Gasteiger partial charge on any atom is -0.354 e. The Hall–Kier alpha value is -1.59. The second kappa shape index (κ2) is 12.7. The van der Waals surface area contributed by atoms with Gasteiger partial charge in [0.1, 0.15) is 0 Å². The number of benzene rings is 2. The van der Waals surface area contributed by atoms with E-state index < -0.39 is 0 Å². The van der Waals surface area contributed by atoms with E-state index in [4.69, 9.17) is 5.73 Å². The number of halogens is 2. The van der Waals surface area contributed by atoms with Gasteiger partial charge in [-0.1, -0.05) is 61.5 Å². The molecule has 3 N–H and O–H groups in total. The van der Waals surface area contributed by atoms with Gasteiger partial charge in [-0.3, -0.25) is 4.79 Å². The summed E-state index contributed by atoms with van der Waals surface area (Å²) in [4.78, 5) is 14.4. The summed E-state index contributed by atoms with van der Waals surface area (Å²) in [5, 5.41) is 3.03. The number of nitrogens with two attached hydrogens (primary N) is 1. The normalized spacial score (nSPS) is 12.5. The van der Waals surface area contributed by atoms with Crippen molar-refractivity contribution in [2.45, 2.75) is 31.8 Å². The van der Waals surface area contributed by atoms with Crippen LogP contribution in [0.3, 0.4) is 0 Å². The first-order valence-electron chi connectivity index (χ1n) is 8.83. The molecule has 150 valence electrons. The van der Waals surface area contributed by atoms with Gasteiger partial charge in [-0.2, -0.15) is 0 Å². The number of carbonyl (C=O) groups is 1. The van der Waals surface area contributed by atoms with Crippen molar-refractivity contribution in [2.75, 3.05) is 20.6 Å². The maximum Gasteiger partial charge on any atom is 0.221 e. The van der Waals surface area contributed by atoms with Crippen LogP contribution >= 0.6 is 24.8 Å². The zero-order valence-electron chi connectivity index (χ0n) is 16.2. The first-order valence-corrected chi connectivity index (χ1v) is 8.83. The van der Waals surface area contributed by atoms with Gasteiger partial charge in [0.25, 0.3) is 0 Å². The number of amides is 1. The molecule has 0 aromatic heterocycles. The van der Waals surface area contributed by atoms with Crippen molar-refractivity contribution >= 4 is 30.7 Å². The maximum absolute atomic E-state index is 12.3. The van der Waals surface area contributed by atoms with Crippen molar-refractivity contribution in [3.05, 3.63) is 71.3 Å². The van der Waals surface area contributed by atoms with Crippen LogP contribution in [-0.4, -0.2) is 31.4 Å². The lowest BCUT2D eigenvalue weighted by atomic mass is 10.0. The zero-order chi connectivity index (χ0) is 18.2. The van der Waals surface area contributed by atoms with Gasteiger partial charge in [-0.15, -0.1) is 24.8 Å². The Morgan fingerprint density at radius 1 is 1.00 bits per heavy atom. The summed E-state index contributed by atoms with van der Waals surface area (Å²) in [5.41, 5.74) is 9.64. The second-order valence-corrected chi connectivity index (χ2v) is 6.60. The van der Waals surface area contributed by atoms with Crippen LogP contribution in [0.5, 0.6) is 0 Å². The van der Waals surface area contributed by atoms with E-state index >= 15 is 0 Å². The number of hydrogen-bond acceptors (Lipinski definition) is 3. The molecule has 0 radical (unpaired) electrons. The molecular formula is C21H31Cl2N3O. The third-order valence-electron chi connectivity index (χ3n) is 4.52. The van der Waals surface area contributed by atoms with Crippen LogP contribution in [0.4, 0.5) is 0 Å². The van der Waals surface area contributed by atoms with E-state index in [1.54, 1.807) is 0 Å². The quantitative estimate of drug-likeness (QED) is 0.692. The molecule has 0 aliphatic carbocycles. The third-order valence-corrected chi connectivity index (χ3v) is 4.52.